The van der Waals surface area contributed by atoms with Crippen LogP contribution in [0.25, 0.3) is 77.6 Å². The van der Waals surface area contributed by atoms with Crippen molar-refractivity contribution in [2.45, 2.75) is 31.6 Å². The van der Waals surface area contributed by atoms with Gasteiger partial charge in [0, 0.05) is 38.5 Å². The van der Waals surface area contributed by atoms with Gasteiger partial charge in [-0.05, 0) is 127 Å². The van der Waals surface area contributed by atoms with Crippen LogP contribution in [-0.4, -0.2) is 0 Å². The monoisotopic (exact) mass is 857 g/mol. The first-order chi connectivity index (χ1) is 32.9. The predicted molar refractivity (Wildman–Crippen MR) is 280 cm³/mol. The minimum absolute atomic E-state index is 0.131. The van der Waals surface area contributed by atoms with Crippen LogP contribution in [-0.2, 0) is 10.8 Å². The summed E-state index contributed by atoms with van der Waals surface area (Å²) in [6.07, 6.45) is 0. The molecule has 318 valence electrons. The van der Waals surface area contributed by atoms with Crippen molar-refractivity contribution >= 4 is 39.0 Å². The van der Waals surface area contributed by atoms with E-state index in [1.807, 2.05) is 6.07 Å². The highest BCUT2D eigenvalue weighted by molar-refractivity contribution is 6.14. The van der Waals surface area contributed by atoms with Crippen molar-refractivity contribution in [2.75, 3.05) is 4.90 Å². The van der Waals surface area contributed by atoms with Crippen molar-refractivity contribution in [3.63, 3.8) is 0 Å². The highest BCUT2D eigenvalue weighted by atomic mass is 16.3. The number of benzene rings is 10. The Labute approximate surface area is 392 Å². The molecular weight excluding hydrogens is 811 g/mol. The number of hydrogen-bond acceptors (Lipinski definition) is 2. The lowest BCUT2D eigenvalue weighted by Crippen LogP contribution is -2.22. The fourth-order valence-corrected chi connectivity index (χ4v) is 11.9. The SMILES string of the molecule is CC1(C)c2ccccc2-c2cccc(-c3ccccc3-c3ccc(N(c4ccc5c(c4)C(C)(c4ccccc4)c4ccccc4-5)c4ccccc4-c4cccc5oc6ccccc6c45)cc3)c21. The van der Waals surface area contributed by atoms with Crippen molar-refractivity contribution < 1.29 is 4.42 Å². The summed E-state index contributed by atoms with van der Waals surface area (Å²) in [4.78, 5) is 2.46. The van der Waals surface area contributed by atoms with Gasteiger partial charge in [-0.2, -0.15) is 0 Å². The van der Waals surface area contributed by atoms with Crippen molar-refractivity contribution in [1.29, 1.82) is 0 Å². The molecule has 67 heavy (non-hydrogen) atoms. The van der Waals surface area contributed by atoms with E-state index in [1.165, 1.54) is 72.3 Å². The van der Waals surface area contributed by atoms with Gasteiger partial charge in [-0.15, -0.1) is 0 Å². The lowest BCUT2D eigenvalue weighted by atomic mass is 9.74. The summed E-state index contributed by atoms with van der Waals surface area (Å²) in [5.41, 5.74) is 23.7. The Morgan fingerprint density at radius 2 is 0.896 bits per heavy atom. The lowest BCUT2D eigenvalue weighted by molar-refractivity contribution is 0.662. The molecule has 0 saturated heterocycles. The molecule has 0 spiro atoms. The van der Waals surface area contributed by atoms with Crippen molar-refractivity contribution in [2.24, 2.45) is 0 Å². The zero-order valence-electron chi connectivity index (χ0n) is 37.8. The Morgan fingerprint density at radius 1 is 0.358 bits per heavy atom. The Balaban J connectivity index is 0.999. The average Bonchev–Trinajstić information content (AvgIpc) is 3.98. The molecule has 0 amide bonds. The summed E-state index contributed by atoms with van der Waals surface area (Å²) >= 11 is 0. The predicted octanol–water partition coefficient (Wildman–Crippen LogP) is 17.7. The minimum atomic E-state index is -0.350. The van der Waals surface area contributed by atoms with Crippen molar-refractivity contribution in [3.8, 4) is 55.6 Å². The third kappa shape index (κ3) is 5.82. The number of furan rings is 1. The Morgan fingerprint density at radius 3 is 1.69 bits per heavy atom. The van der Waals surface area contributed by atoms with Gasteiger partial charge in [0.25, 0.3) is 0 Å². The first-order valence-corrected chi connectivity index (χ1v) is 23.4. The number of nitrogens with zero attached hydrogens (tertiary/aromatic N) is 1. The molecule has 0 N–H and O–H groups in total. The molecule has 11 aromatic rings. The topological polar surface area (TPSA) is 16.4 Å². The van der Waals surface area contributed by atoms with E-state index in [1.54, 1.807) is 0 Å². The molecule has 1 aromatic heterocycles. The van der Waals surface area contributed by atoms with Gasteiger partial charge in [0.15, 0.2) is 0 Å². The van der Waals surface area contributed by atoms with Crippen LogP contribution in [0, 0.1) is 0 Å². The maximum absolute atomic E-state index is 6.47. The summed E-state index contributed by atoms with van der Waals surface area (Å²) in [5, 5.41) is 2.24. The molecule has 2 aliphatic rings. The zero-order chi connectivity index (χ0) is 44.9. The van der Waals surface area contributed by atoms with E-state index >= 15 is 0 Å². The number of fused-ring (bicyclic) bond motifs is 9. The molecular formula is C65H47NO. The molecule has 0 saturated carbocycles. The van der Waals surface area contributed by atoms with E-state index in [2.05, 4.69) is 250 Å². The minimum Gasteiger partial charge on any atom is -0.456 e. The molecule has 1 heterocycles. The molecule has 0 fully saturated rings. The number of rotatable bonds is 7. The second-order valence-corrected chi connectivity index (χ2v) is 18.9. The summed E-state index contributed by atoms with van der Waals surface area (Å²) in [5.74, 6) is 0. The number of para-hydroxylation sites is 2. The van der Waals surface area contributed by atoms with Gasteiger partial charge in [-0.1, -0.05) is 202 Å². The van der Waals surface area contributed by atoms with Gasteiger partial charge in [-0.3, -0.25) is 0 Å². The molecule has 2 heteroatoms. The smallest absolute Gasteiger partial charge is 0.136 e. The van der Waals surface area contributed by atoms with Crippen LogP contribution in [0.4, 0.5) is 17.1 Å². The summed E-state index contributed by atoms with van der Waals surface area (Å²) < 4.78 is 6.47. The van der Waals surface area contributed by atoms with Crippen molar-refractivity contribution in [3.05, 3.63) is 258 Å². The maximum atomic E-state index is 6.47. The van der Waals surface area contributed by atoms with Gasteiger partial charge < -0.3 is 9.32 Å². The van der Waals surface area contributed by atoms with Crippen LogP contribution in [0.3, 0.4) is 0 Å². The largest absolute Gasteiger partial charge is 0.456 e. The second-order valence-electron chi connectivity index (χ2n) is 18.9. The quantitative estimate of drug-likeness (QED) is 0.159. The van der Waals surface area contributed by atoms with Gasteiger partial charge in [0.2, 0.25) is 0 Å². The molecule has 1 unspecified atom stereocenters. The molecule has 0 bridgehead atoms. The Bertz CT molecular complexity index is 3740. The van der Waals surface area contributed by atoms with Crippen LogP contribution < -0.4 is 4.90 Å². The number of hydrogen-bond donors (Lipinski definition) is 0. The Kier molecular flexibility index (Phi) is 8.73. The van der Waals surface area contributed by atoms with E-state index in [9.17, 15) is 0 Å². The third-order valence-corrected chi connectivity index (χ3v) is 15.0. The van der Waals surface area contributed by atoms with Crippen molar-refractivity contribution in [1.82, 2.24) is 0 Å². The van der Waals surface area contributed by atoms with Gasteiger partial charge in [0.05, 0.1) is 5.69 Å². The van der Waals surface area contributed by atoms with E-state index < -0.39 is 0 Å². The van der Waals surface area contributed by atoms with E-state index in [4.69, 9.17) is 4.42 Å². The number of anilines is 3. The highest BCUT2D eigenvalue weighted by Crippen LogP contribution is 2.56. The Hall–Kier alpha value is -8.20. The van der Waals surface area contributed by atoms with Crippen LogP contribution in [0.15, 0.2) is 235 Å². The summed E-state index contributed by atoms with van der Waals surface area (Å²) in [7, 11) is 0. The first-order valence-electron chi connectivity index (χ1n) is 23.4. The lowest BCUT2D eigenvalue weighted by Gasteiger charge is -2.31. The van der Waals surface area contributed by atoms with E-state index in [-0.39, 0.29) is 10.8 Å². The van der Waals surface area contributed by atoms with Crippen LogP contribution in [0.1, 0.15) is 48.6 Å². The molecule has 2 nitrogen and oxygen atoms in total. The van der Waals surface area contributed by atoms with Crippen LogP contribution in [0.2, 0.25) is 0 Å². The van der Waals surface area contributed by atoms with Crippen LogP contribution >= 0.6 is 0 Å². The molecule has 0 radical (unpaired) electrons. The van der Waals surface area contributed by atoms with E-state index in [0.717, 1.165) is 50.1 Å². The van der Waals surface area contributed by atoms with E-state index in [0.29, 0.717) is 0 Å². The fourth-order valence-electron chi connectivity index (χ4n) is 11.9. The molecule has 0 aliphatic heterocycles. The first kappa shape index (κ1) is 39.2. The highest BCUT2D eigenvalue weighted by Gasteiger charge is 2.41. The molecule has 10 aromatic carbocycles. The maximum Gasteiger partial charge on any atom is 0.136 e. The average molecular weight is 858 g/mol. The van der Waals surface area contributed by atoms with Gasteiger partial charge in [0.1, 0.15) is 11.2 Å². The summed E-state index contributed by atoms with van der Waals surface area (Å²) in [6, 6.07) is 84.7. The molecule has 13 rings (SSSR count). The van der Waals surface area contributed by atoms with Gasteiger partial charge in [-0.25, -0.2) is 0 Å². The molecule has 1 atom stereocenters. The summed E-state index contributed by atoms with van der Waals surface area (Å²) in [6.45, 7) is 7.15. The third-order valence-electron chi connectivity index (χ3n) is 15.0. The normalized spacial score (nSPS) is 15.3. The second kappa shape index (κ2) is 14.9. The fraction of sp³-hybridized carbons (Fsp3) is 0.0769. The standard InChI is InChI=1S/C65H47NO/c1-64(2)56-30-13-9-24-49(56)54-29-17-28-53(63(54)64)47-22-8-7-21-46(47)42-35-37-44(38-36-42)66(59-32-15-11-25-51(59)52-27-18-34-61-62(52)55-26-12-16-33-60(55)67-61)45-39-40-50-48-23-10-14-31-57(48)65(3,58(50)41-45)43-19-5-4-6-20-43/h4-41H,1-3H3. The molecule has 2 aliphatic carbocycles. The van der Waals surface area contributed by atoms with Crippen LogP contribution in [0.5, 0.6) is 0 Å². The van der Waals surface area contributed by atoms with Gasteiger partial charge >= 0.3 is 0 Å². The zero-order valence-corrected chi connectivity index (χ0v) is 37.8.